The molecule has 1 rings (SSSR count). The van der Waals surface area contributed by atoms with Crippen LogP contribution in [0.25, 0.3) is 0 Å². The van der Waals surface area contributed by atoms with Crippen molar-refractivity contribution in [1.82, 2.24) is 15.5 Å². The Morgan fingerprint density at radius 1 is 1.08 bits per heavy atom. The first-order valence-corrected chi connectivity index (χ1v) is 13.2. The summed E-state index contributed by atoms with van der Waals surface area (Å²) in [5.41, 5.74) is -0.359. The lowest BCUT2D eigenvalue weighted by molar-refractivity contribution is -0.146. The Bertz CT molecular complexity index is 943. The molecule has 0 bridgehead atoms. The van der Waals surface area contributed by atoms with Crippen LogP contribution in [0.5, 0.6) is 5.75 Å². The maximum atomic E-state index is 14.1. The van der Waals surface area contributed by atoms with Gasteiger partial charge in [0.05, 0.1) is 13.0 Å². The van der Waals surface area contributed by atoms with Gasteiger partial charge >= 0.3 is 12.1 Å². The second-order valence-corrected chi connectivity index (χ2v) is 10.7. The Labute approximate surface area is 226 Å². The van der Waals surface area contributed by atoms with Crippen LogP contribution < -0.4 is 10.6 Å². The van der Waals surface area contributed by atoms with E-state index >= 15 is 0 Å². The molecule has 3 atom stereocenters. The average molecular weight is 536 g/mol. The van der Waals surface area contributed by atoms with Crippen LogP contribution in [0.2, 0.25) is 0 Å². The first-order chi connectivity index (χ1) is 17.7. The van der Waals surface area contributed by atoms with Crippen molar-refractivity contribution in [3.8, 4) is 5.75 Å². The molecule has 3 unspecified atom stereocenters. The second-order valence-electron chi connectivity index (χ2n) is 10.7. The average Bonchev–Trinajstić information content (AvgIpc) is 2.79. The van der Waals surface area contributed by atoms with Gasteiger partial charge in [-0.05, 0) is 71.1 Å². The molecule has 0 aliphatic carbocycles. The van der Waals surface area contributed by atoms with Gasteiger partial charge in [-0.25, -0.2) is 4.79 Å². The van der Waals surface area contributed by atoms with Gasteiger partial charge in [-0.15, -0.1) is 0 Å². The van der Waals surface area contributed by atoms with Crippen LogP contribution in [0.1, 0.15) is 86.3 Å². The van der Waals surface area contributed by atoms with E-state index in [9.17, 15) is 24.3 Å². The molecule has 3 N–H and O–H groups in total. The molecule has 0 saturated heterocycles. The molecule has 0 aliphatic heterocycles. The minimum Gasteiger partial charge on any atom is -0.508 e. The van der Waals surface area contributed by atoms with Crippen LogP contribution >= 0.6 is 0 Å². The van der Waals surface area contributed by atoms with Crippen molar-refractivity contribution in [3.05, 3.63) is 29.8 Å². The Morgan fingerprint density at radius 2 is 1.74 bits per heavy atom. The van der Waals surface area contributed by atoms with Crippen molar-refractivity contribution in [3.63, 3.8) is 0 Å². The molecule has 0 spiro atoms. The maximum Gasteiger partial charge on any atom is 0.408 e. The number of nitrogens with zero attached hydrogens (tertiary/aromatic N) is 1. The summed E-state index contributed by atoms with van der Waals surface area (Å²) < 4.78 is 10.3. The van der Waals surface area contributed by atoms with Gasteiger partial charge < -0.3 is 30.1 Å². The van der Waals surface area contributed by atoms with Gasteiger partial charge in [0, 0.05) is 12.6 Å². The summed E-state index contributed by atoms with van der Waals surface area (Å²) in [5, 5.41) is 15.6. The molecule has 10 nitrogen and oxygen atoms in total. The fraction of sp³-hybridized carbons (Fsp3) is 0.643. The molecule has 0 aromatic heterocycles. The van der Waals surface area contributed by atoms with E-state index in [1.165, 1.54) is 17.0 Å². The number of alkyl carbamates (subject to hydrolysis) is 1. The molecule has 0 saturated carbocycles. The third-order valence-electron chi connectivity index (χ3n) is 5.66. The third kappa shape index (κ3) is 11.0. The number of phenols is 1. The monoisotopic (exact) mass is 535 g/mol. The number of amides is 3. The normalized spacial score (nSPS) is 13.7. The van der Waals surface area contributed by atoms with E-state index in [0.29, 0.717) is 18.4 Å². The van der Waals surface area contributed by atoms with E-state index in [-0.39, 0.29) is 31.2 Å². The SMILES string of the molecule is CCOC(=O)CCNC(=O)C(c1cccc(O)c1)N(C(=O)C(CC(C)C)NC(=O)OC(C)(C)C)C(C)CC. The fourth-order valence-corrected chi connectivity index (χ4v) is 3.87. The predicted octanol–water partition coefficient (Wildman–Crippen LogP) is 4.07. The van der Waals surface area contributed by atoms with Gasteiger partial charge in [0.25, 0.3) is 0 Å². The zero-order valence-electron chi connectivity index (χ0n) is 24.0. The summed E-state index contributed by atoms with van der Waals surface area (Å²) in [5.74, 6) is -1.43. The van der Waals surface area contributed by atoms with Crippen LogP contribution in [0, 0.1) is 5.92 Å². The standard InChI is InChI=1S/C28H45N3O7/c1-9-19(5)31(26(35)22(16-18(3)4)30-27(36)38-28(6,7)8)24(20-12-11-13-21(32)17-20)25(34)29-15-14-23(33)37-10-2/h11-13,17-19,22,24,32H,9-10,14-16H2,1-8H3,(H,29,34)(H,30,36). The Morgan fingerprint density at radius 3 is 2.26 bits per heavy atom. The van der Waals surface area contributed by atoms with E-state index in [4.69, 9.17) is 9.47 Å². The number of nitrogens with one attached hydrogen (secondary N) is 2. The van der Waals surface area contributed by atoms with Gasteiger partial charge in [-0.1, -0.05) is 32.9 Å². The summed E-state index contributed by atoms with van der Waals surface area (Å²) in [6.45, 7) is 14.7. The van der Waals surface area contributed by atoms with Crippen molar-refractivity contribution >= 4 is 23.9 Å². The summed E-state index contributed by atoms with van der Waals surface area (Å²) in [4.78, 5) is 53.5. The van der Waals surface area contributed by atoms with Crippen molar-refractivity contribution in [2.75, 3.05) is 13.2 Å². The summed E-state index contributed by atoms with van der Waals surface area (Å²) in [6, 6.07) is 3.66. The third-order valence-corrected chi connectivity index (χ3v) is 5.66. The van der Waals surface area contributed by atoms with E-state index in [2.05, 4.69) is 10.6 Å². The molecular weight excluding hydrogens is 490 g/mol. The molecule has 1 aromatic carbocycles. The molecular formula is C28H45N3O7. The first-order valence-electron chi connectivity index (χ1n) is 13.2. The molecule has 1 aromatic rings. The van der Waals surface area contributed by atoms with E-state index in [1.54, 1.807) is 39.8 Å². The highest BCUT2D eigenvalue weighted by Crippen LogP contribution is 2.29. The molecule has 0 fully saturated rings. The number of benzene rings is 1. The van der Waals surface area contributed by atoms with Crippen molar-refractivity contribution in [2.45, 2.75) is 98.4 Å². The highest BCUT2D eigenvalue weighted by molar-refractivity contribution is 5.92. The minimum atomic E-state index is -1.12. The molecule has 0 radical (unpaired) electrons. The minimum absolute atomic E-state index is 0.0150. The first kappa shape index (κ1) is 32.7. The number of phenolic OH excluding ortho intramolecular Hbond substituents is 1. The highest BCUT2D eigenvalue weighted by Gasteiger charge is 2.38. The van der Waals surface area contributed by atoms with Crippen LogP contribution in [-0.2, 0) is 23.9 Å². The maximum absolute atomic E-state index is 14.1. The number of carbonyl (C=O) groups is 4. The van der Waals surface area contributed by atoms with Crippen molar-refractivity contribution in [2.24, 2.45) is 5.92 Å². The van der Waals surface area contributed by atoms with Gasteiger partial charge in [0.2, 0.25) is 11.8 Å². The smallest absolute Gasteiger partial charge is 0.408 e. The quantitative estimate of drug-likeness (QED) is 0.324. The number of rotatable bonds is 13. The lowest BCUT2D eigenvalue weighted by atomic mass is 9.97. The van der Waals surface area contributed by atoms with Gasteiger partial charge in [0.1, 0.15) is 23.4 Å². The Hall–Kier alpha value is -3.30. The fourth-order valence-electron chi connectivity index (χ4n) is 3.87. The number of esters is 1. The van der Waals surface area contributed by atoms with Gasteiger partial charge in [0.15, 0.2) is 0 Å². The number of aromatic hydroxyl groups is 1. The molecule has 214 valence electrons. The largest absolute Gasteiger partial charge is 0.508 e. The van der Waals surface area contributed by atoms with Gasteiger partial charge in [-0.3, -0.25) is 14.4 Å². The molecule has 0 aliphatic rings. The Balaban J connectivity index is 3.44. The zero-order valence-corrected chi connectivity index (χ0v) is 24.0. The number of hydrogen-bond acceptors (Lipinski definition) is 7. The van der Waals surface area contributed by atoms with Crippen LogP contribution in [0.3, 0.4) is 0 Å². The molecule has 38 heavy (non-hydrogen) atoms. The van der Waals surface area contributed by atoms with E-state index in [0.717, 1.165) is 0 Å². The predicted molar refractivity (Wildman–Crippen MR) is 144 cm³/mol. The zero-order chi connectivity index (χ0) is 29.0. The van der Waals surface area contributed by atoms with Crippen molar-refractivity contribution < 1.29 is 33.8 Å². The van der Waals surface area contributed by atoms with Crippen LogP contribution in [-0.4, -0.2) is 64.7 Å². The summed E-state index contributed by atoms with van der Waals surface area (Å²) in [6.07, 6.45) is 0.0911. The number of ether oxygens (including phenoxy) is 2. The van der Waals surface area contributed by atoms with Crippen LogP contribution in [0.4, 0.5) is 4.79 Å². The molecule has 0 heterocycles. The topological polar surface area (TPSA) is 134 Å². The molecule has 3 amide bonds. The van der Waals surface area contributed by atoms with E-state index < -0.39 is 47.6 Å². The lowest BCUT2D eigenvalue weighted by Gasteiger charge is -2.38. The Kier molecular flexibility index (Phi) is 13.1. The highest BCUT2D eigenvalue weighted by atomic mass is 16.6. The van der Waals surface area contributed by atoms with Crippen LogP contribution in [0.15, 0.2) is 24.3 Å². The number of hydrogen-bond donors (Lipinski definition) is 3. The molecule has 10 heteroatoms. The van der Waals surface area contributed by atoms with E-state index in [1.807, 2.05) is 27.7 Å². The lowest BCUT2D eigenvalue weighted by Crippen LogP contribution is -2.55. The van der Waals surface area contributed by atoms with Crippen molar-refractivity contribution in [1.29, 1.82) is 0 Å². The second kappa shape index (κ2) is 15.2. The summed E-state index contributed by atoms with van der Waals surface area (Å²) in [7, 11) is 0. The number of carbonyl (C=O) groups excluding carboxylic acids is 4. The summed E-state index contributed by atoms with van der Waals surface area (Å²) >= 11 is 0. The van der Waals surface area contributed by atoms with Gasteiger partial charge in [-0.2, -0.15) is 0 Å².